The molecule has 3 heterocycles. The van der Waals surface area contributed by atoms with Gasteiger partial charge in [-0.25, -0.2) is 0 Å². The van der Waals surface area contributed by atoms with E-state index >= 15 is 0 Å². The molecule has 13 aromatic rings. The van der Waals surface area contributed by atoms with Gasteiger partial charge in [-0.1, -0.05) is 159 Å². The van der Waals surface area contributed by atoms with Crippen LogP contribution in [0.3, 0.4) is 0 Å². The van der Waals surface area contributed by atoms with Crippen molar-refractivity contribution in [3.63, 3.8) is 0 Å². The summed E-state index contributed by atoms with van der Waals surface area (Å²) in [4.78, 5) is 2.40. The summed E-state index contributed by atoms with van der Waals surface area (Å²) < 4.78 is 16.0. The number of hydrogen-bond acceptors (Lipinski definition) is 4. The van der Waals surface area contributed by atoms with Crippen LogP contribution in [0.2, 0.25) is 0 Å². The van der Waals surface area contributed by atoms with Crippen LogP contribution in [0.5, 0.6) is 0 Å². The standard InChI is InChI=1S/C63H41NO2S/c1-63(2)52-20-9-6-15-45(52)46-32-31-43(37-53(46)63)64(41-27-23-39(24-28-41)38-13-4-3-5-14-38)42-29-25-40(26-30-42)44-33-34-50-60-56(36-35-55-59(60)49-17-7-10-21-54(49)65-55)66-61(50)58(44)51-19-12-18-48-47-16-8-11-22-57(47)67-62(48)51/h3-37H,1-2H3. The van der Waals surface area contributed by atoms with E-state index in [9.17, 15) is 0 Å². The molecule has 3 aromatic heterocycles. The second kappa shape index (κ2) is 14.4. The molecule has 1 aliphatic carbocycles. The molecule has 14 rings (SSSR count). The van der Waals surface area contributed by atoms with Crippen molar-refractivity contribution in [1.82, 2.24) is 0 Å². The second-order valence-corrected chi connectivity index (χ2v) is 19.4. The van der Waals surface area contributed by atoms with E-state index in [2.05, 4.69) is 213 Å². The van der Waals surface area contributed by atoms with E-state index in [1.54, 1.807) is 0 Å². The molecular formula is C63H41NO2S. The third-order valence-corrected chi connectivity index (χ3v) is 15.5. The van der Waals surface area contributed by atoms with E-state index in [4.69, 9.17) is 8.83 Å². The Morgan fingerprint density at radius 3 is 1.81 bits per heavy atom. The Kier molecular flexibility index (Phi) is 8.20. The number of para-hydroxylation sites is 1. The maximum atomic E-state index is 7.10. The van der Waals surface area contributed by atoms with Gasteiger partial charge in [-0.05, 0) is 111 Å². The van der Waals surface area contributed by atoms with Crippen molar-refractivity contribution < 1.29 is 8.83 Å². The Bertz CT molecular complexity index is 4110. The van der Waals surface area contributed by atoms with E-state index in [-0.39, 0.29) is 5.41 Å². The van der Waals surface area contributed by atoms with E-state index in [0.717, 1.165) is 83.2 Å². The summed E-state index contributed by atoms with van der Waals surface area (Å²) in [6.07, 6.45) is 0. The van der Waals surface area contributed by atoms with Crippen molar-refractivity contribution in [3.8, 4) is 44.5 Å². The zero-order chi connectivity index (χ0) is 44.4. The first-order valence-electron chi connectivity index (χ1n) is 23.0. The Morgan fingerprint density at radius 2 is 0.985 bits per heavy atom. The van der Waals surface area contributed by atoms with Gasteiger partial charge in [0.1, 0.15) is 22.3 Å². The Balaban J connectivity index is 0.965. The average molecular weight is 876 g/mol. The van der Waals surface area contributed by atoms with Crippen molar-refractivity contribution in [2.75, 3.05) is 4.90 Å². The molecule has 0 aliphatic heterocycles. The molecule has 0 unspecified atom stereocenters. The van der Waals surface area contributed by atoms with Crippen LogP contribution in [0.1, 0.15) is 25.0 Å². The van der Waals surface area contributed by atoms with Crippen molar-refractivity contribution in [2.24, 2.45) is 0 Å². The molecule has 1 aliphatic rings. The Morgan fingerprint density at radius 1 is 0.388 bits per heavy atom. The fraction of sp³-hybridized carbons (Fsp3) is 0.0476. The van der Waals surface area contributed by atoms with E-state index in [1.807, 2.05) is 29.5 Å². The monoisotopic (exact) mass is 875 g/mol. The molecule has 0 fully saturated rings. The molecule has 0 spiro atoms. The highest BCUT2D eigenvalue weighted by atomic mass is 32.1. The maximum absolute atomic E-state index is 7.10. The molecule has 0 saturated heterocycles. The third kappa shape index (κ3) is 5.70. The largest absolute Gasteiger partial charge is 0.456 e. The number of anilines is 3. The minimum atomic E-state index is -0.131. The van der Waals surface area contributed by atoms with Gasteiger partial charge >= 0.3 is 0 Å². The smallest absolute Gasteiger partial charge is 0.143 e. The molecule has 316 valence electrons. The van der Waals surface area contributed by atoms with Gasteiger partial charge in [0.2, 0.25) is 0 Å². The molecule has 0 N–H and O–H groups in total. The normalized spacial score (nSPS) is 13.0. The highest BCUT2D eigenvalue weighted by Gasteiger charge is 2.36. The molecule has 10 aromatic carbocycles. The zero-order valence-electron chi connectivity index (χ0n) is 36.9. The van der Waals surface area contributed by atoms with Gasteiger partial charge in [0, 0.05) is 75.3 Å². The first-order chi connectivity index (χ1) is 33.0. The number of furan rings is 2. The van der Waals surface area contributed by atoms with Crippen LogP contribution in [0.15, 0.2) is 221 Å². The summed E-state index contributed by atoms with van der Waals surface area (Å²) in [5.41, 5.74) is 18.9. The molecule has 67 heavy (non-hydrogen) atoms. The molecule has 0 radical (unpaired) electrons. The minimum absolute atomic E-state index is 0.131. The number of fused-ring (bicyclic) bond motifs is 13. The zero-order valence-corrected chi connectivity index (χ0v) is 37.7. The molecular weight excluding hydrogens is 835 g/mol. The van der Waals surface area contributed by atoms with Gasteiger partial charge in [0.15, 0.2) is 0 Å². The predicted octanol–water partition coefficient (Wildman–Crippen LogP) is 18.6. The van der Waals surface area contributed by atoms with Crippen LogP contribution in [0.4, 0.5) is 17.1 Å². The Labute approximate surface area is 391 Å². The van der Waals surface area contributed by atoms with Crippen molar-refractivity contribution in [3.05, 3.63) is 223 Å². The lowest BCUT2D eigenvalue weighted by molar-refractivity contribution is 0.660. The minimum Gasteiger partial charge on any atom is -0.456 e. The average Bonchev–Trinajstić information content (AvgIpc) is 4.13. The van der Waals surface area contributed by atoms with Gasteiger partial charge in [-0.15, -0.1) is 11.3 Å². The quantitative estimate of drug-likeness (QED) is 0.167. The summed E-state index contributed by atoms with van der Waals surface area (Å²) in [5, 5.41) is 6.87. The molecule has 0 saturated carbocycles. The lowest BCUT2D eigenvalue weighted by Crippen LogP contribution is -2.16. The topological polar surface area (TPSA) is 29.5 Å². The van der Waals surface area contributed by atoms with Crippen LogP contribution in [0.25, 0.3) is 109 Å². The summed E-state index contributed by atoms with van der Waals surface area (Å²) in [5.74, 6) is 0. The molecule has 0 amide bonds. The SMILES string of the molecule is CC1(C)c2ccccc2-c2ccc(N(c3ccc(-c4ccccc4)cc3)c3ccc(-c4ccc5c(oc6ccc7oc8ccccc8c7c65)c4-c4cccc5c4sc4ccccc45)cc3)cc21. The summed E-state index contributed by atoms with van der Waals surface area (Å²) in [6.45, 7) is 4.70. The third-order valence-electron chi connectivity index (χ3n) is 14.3. The molecule has 4 heteroatoms. The second-order valence-electron chi connectivity index (χ2n) is 18.4. The fourth-order valence-electron chi connectivity index (χ4n) is 11.1. The van der Waals surface area contributed by atoms with Crippen LogP contribution in [0, 0.1) is 0 Å². The van der Waals surface area contributed by atoms with Gasteiger partial charge in [-0.2, -0.15) is 0 Å². The van der Waals surface area contributed by atoms with Crippen LogP contribution >= 0.6 is 11.3 Å². The van der Waals surface area contributed by atoms with Gasteiger partial charge in [0.25, 0.3) is 0 Å². The number of benzene rings is 10. The lowest BCUT2D eigenvalue weighted by atomic mass is 9.82. The van der Waals surface area contributed by atoms with Crippen molar-refractivity contribution in [2.45, 2.75) is 19.3 Å². The van der Waals surface area contributed by atoms with Crippen molar-refractivity contribution >= 4 is 92.4 Å². The number of rotatable bonds is 6. The van der Waals surface area contributed by atoms with Crippen molar-refractivity contribution in [1.29, 1.82) is 0 Å². The van der Waals surface area contributed by atoms with Crippen LogP contribution in [-0.4, -0.2) is 0 Å². The first-order valence-corrected chi connectivity index (χ1v) is 23.8. The summed E-state index contributed by atoms with van der Waals surface area (Å²) >= 11 is 1.85. The lowest BCUT2D eigenvalue weighted by Gasteiger charge is -2.28. The predicted molar refractivity (Wildman–Crippen MR) is 282 cm³/mol. The first kappa shape index (κ1) is 38.1. The van der Waals surface area contributed by atoms with E-state index in [1.165, 1.54) is 53.6 Å². The highest BCUT2D eigenvalue weighted by molar-refractivity contribution is 7.26. The van der Waals surface area contributed by atoms with Gasteiger partial charge < -0.3 is 13.7 Å². The van der Waals surface area contributed by atoms with E-state index in [0.29, 0.717) is 0 Å². The fourth-order valence-corrected chi connectivity index (χ4v) is 12.3. The molecule has 0 atom stereocenters. The maximum Gasteiger partial charge on any atom is 0.143 e. The van der Waals surface area contributed by atoms with E-state index < -0.39 is 0 Å². The summed E-state index contributed by atoms with van der Waals surface area (Å²) in [7, 11) is 0. The number of thiophene rings is 1. The molecule has 0 bridgehead atoms. The highest BCUT2D eigenvalue weighted by Crippen LogP contribution is 2.52. The Hall–Kier alpha value is -8.18. The molecule has 3 nitrogen and oxygen atoms in total. The van der Waals surface area contributed by atoms with Gasteiger partial charge in [-0.3, -0.25) is 0 Å². The van der Waals surface area contributed by atoms with Gasteiger partial charge in [0.05, 0.1) is 0 Å². The van der Waals surface area contributed by atoms with Crippen LogP contribution < -0.4 is 4.90 Å². The van der Waals surface area contributed by atoms with Crippen LogP contribution in [-0.2, 0) is 5.41 Å². The summed E-state index contributed by atoms with van der Waals surface area (Å²) in [6, 6.07) is 77.0. The number of hydrogen-bond donors (Lipinski definition) is 0. The number of nitrogens with zero attached hydrogens (tertiary/aromatic N) is 1.